The van der Waals surface area contributed by atoms with E-state index in [2.05, 4.69) is 25.3 Å². The molecule has 2 aromatic carbocycles. The Balaban J connectivity index is 0.000000240. The Morgan fingerprint density at radius 3 is 1.50 bits per heavy atom. The quantitative estimate of drug-likeness (QED) is 0.0984. The van der Waals surface area contributed by atoms with E-state index in [9.17, 15) is 65.8 Å². The highest BCUT2D eigenvalue weighted by Gasteiger charge is 2.37. The molecule has 66 heavy (non-hydrogen) atoms. The highest BCUT2D eigenvalue weighted by Crippen LogP contribution is 2.35. The van der Waals surface area contributed by atoms with E-state index in [1.54, 1.807) is 6.92 Å². The van der Waals surface area contributed by atoms with Gasteiger partial charge in [0, 0.05) is 67.5 Å². The van der Waals surface area contributed by atoms with Crippen LogP contribution in [0.25, 0.3) is 0 Å². The second-order valence-electron chi connectivity index (χ2n) is 14.7. The third kappa shape index (κ3) is 14.4. The van der Waals surface area contributed by atoms with Crippen molar-refractivity contribution in [2.75, 3.05) is 61.2 Å². The topological polar surface area (TPSA) is 268 Å². The number of carbonyl (C=O) groups excluding carboxylic acids is 2. The summed E-state index contributed by atoms with van der Waals surface area (Å²) in [6.45, 7) is 3.39. The third-order valence-electron chi connectivity index (χ3n) is 9.86. The number of sulfonamides is 2. The van der Waals surface area contributed by atoms with E-state index in [4.69, 9.17) is 17.2 Å². The summed E-state index contributed by atoms with van der Waals surface area (Å²) in [5.41, 5.74) is 11.7. The van der Waals surface area contributed by atoms with Crippen LogP contribution in [0.15, 0.2) is 53.9 Å². The number of aromatic nitrogens is 4. The van der Waals surface area contributed by atoms with Gasteiger partial charge in [0.05, 0.1) is 45.6 Å². The van der Waals surface area contributed by atoms with Crippen LogP contribution in [-0.4, -0.2) is 118 Å². The number of nitrogens with one attached hydrogen (secondary N) is 1. The molecule has 1 unspecified atom stereocenters. The summed E-state index contributed by atoms with van der Waals surface area (Å²) in [5, 5.41) is 2.83. The van der Waals surface area contributed by atoms with Crippen LogP contribution in [0.1, 0.15) is 75.6 Å². The van der Waals surface area contributed by atoms with Crippen molar-refractivity contribution >= 4 is 60.0 Å². The van der Waals surface area contributed by atoms with E-state index in [1.165, 1.54) is 14.9 Å². The van der Waals surface area contributed by atoms with Gasteiger partial charge in [-0.25, -0.2) is 49.2 Å². The second kappa shape index (κ2) is 21.6. The van der Waals surface area contributed by atoms with Crippen molar-refractivity contribution in [2.24, 2.45) is 5.73 Å². The number of rotatable bonds is 10. The third-order valence-corrected chi connectivity index (χ3v) is 13.6. The molecule has 0 aliphatic carbocycles. The standard InChI is InChI=1S/C18H19F4N5O3S.C14H11F4N3O2S.C6H14N2O2S/c1-31(29,30)27-6-4-11(5-7-27)25-17-24-9-13(16(23)26-17)15(28)12-8-10(19)2-3-14(12)18(20,21)22;1-2-24(23)13-20-6-9(12(19)21-13)11(22)8-5-7(15)3-4-10(8)14(16,17)18;1-11(9,10)8-4-2-6(7)3-5-8/h2-3,8-9,11H,4-7H2,1H3,(H3,23,24,25,26);3-6H,2H2,1H3,(H2,19,20,21);6H,2-5,7H2,1H3. The number of hydrogen-bond donors (Lipinski definition) is 4. The molecule has 0 saturated carbocycles. The van der Waals surface area contributed by atoms with Gasteiger partial charge >= 0.3 is 12.4 Å². The highest BCUT2D eigenvalue weighted by atomic mass is 32.2. The Morgan fingerprint density at radius 1 is 0.712 bits per heavy atom. The van der Waals surface area contributed by atoms with Crippen molar-refractivity contribution in [3.63, 3.8) is 0 Å². The monoisotopic (exact) mass is 1000 g/mol. The number of benzene rings is 2. The van der Waals surface area contributed by atoms with Crippen molar-refractivity contribution in [1.29, 1.82) is 0 Å². The molecule has 1 atom stereocenters. The molecule has 2 aromatic heterocycles. The molecule has 28 heteroatoms. The molecule has 6 rings (SSSR count). The van der Waals surface area contributed by atoms with Gasteiger partial charge in [0.15, 0.2) is 11.6 Å². The number of nitrogens with two attached hydrogens (primary N) is 3. The molecular formula is C38H44F8N10O7S3. The van der Waals surface area contributed by atoms with Gasteiger partial charge in [-0.2, -0.15) is 31.3 Å². The molecule has 2 saturated heterocycles. The lowest BCUT2D eigenvalue weighted by molar-refractivity contribution is -0.138. The van der Waals surface area contributed by atoms with Crippen LogP contribution in [0.3, 0.4) is 0 Å². The molecule has 2 aliphatic rings. The fourth-order valence-electron chi connectivity index (χ4n) is 6.35. The van der Waals surface area contributed by atoms with Gasteiger partial charge in [-0.3, -0.25) is 13.8 Å². The lowest BCUT2D eigenvalue weighted by Gasteiger charge is -2.30. The highest BCUT2D eigenvalue weighted by molar-refractivity contribution is 7.88. The lowest BCUT2D eigenvalue weighted by Crippen LogP contribution is -2.42. The molecule has 2 aliphatic heterocycles. The first kappa shape index (κ1) is 53.3. The zero-order chi connectivity index (χ0) is 49.5. The fraction of sp³-hybridized carbons (Fsp3) is 0.421. The number of piperidine rings is 2. The van der Waals surface area contributed by atoms with E-state index in [-0.39, 0.29) is 34.8 Å². The Hall–Kier alpha value is -5.29. The van der Waals surface area contributed by atoms with Crippen LogP contribution >= 0.6 is 0 Å². The van der Waals surface area contributed by atoms with Crippen LogP contribution < -0.4 is 22.5 Å². The number of anilines is 3. The largest absolute Gasteiger partial charge is 0.417 e. The minimum atomic E-state index is -4.86. The second-order valence-corrected chi connectivity index (χ2v) is 20.3. The predicted octanol–water partition coefficient (Wildman–Crippen LogP) is 4.23. The molecule has 0 bridgehead atoms. The molecule has 0 radical (unpaired) electrons. The molecular weight excluding hydrogens is 957 g/mol. The van der Waals surface area contributed by atoms with Gasteiger partial charge in [0.1, 0.15) is 23.3 Å². The molecule has 0 spiro atoms. The lowest BCUT2D eigenvalue weighted by atomic mass is 9.99. The van der Waals surface area contributed by atoms with Gasteiger partial charge in [0.25, 0.3) is 0 Å². The van der Waals surface area contributed by atoms with Crippen LogP contribution in [0, 0.1) is 11.6 Å². The number of hydrogen-bond acceptors (Lipinski definition) is 15. The summed E-state index contributed by atoms with van der Waals surface area (Å²) in [6, 6.07) is 3.18. The molecule has 7 N–H and O–H groups in total. The summed E-state index contributed by atoms with van der Waals surface area (Å²) in [4.78, 5) is 40.2. The number of halogens is 8. The van der Waals surface area contributed by atoms with Crippen molar-refractivity contribution < 1.29 is 65.8 Å². The van der Waals surface area contributed by atoms with E-state index in [0.717, 1.165) is 31.5 Å². The fourth-order valence-corrected chi connectivity index (χ4v) is 8.72. The molecule has 2 fully saturated rings. The Labute approximate surface area is 376 Å². The van der Waals surface area contributed by atoms with E-state index in [1.807, 2.05) is 0 Å². The van der Waals surface area contributed by atoms with Crippen molar-refractivity contribution in [2.45, 2.75) is 62.2 Å². The maximum Gasteiger partial charge on any atom is 0.417 e. The van der Waals surface area contributed by atoms with Crippen LogP contribution in [0.5, 0.6) is 0 Å². The van der Waals surface area contributed by atoms with Crippen molar-refractivity contribution in [3.8, 4) is 0 Å². The number of nitrogens with zero attached hydrogens (tertiary/aromatic N) is 6. The maximum absolute atomic E-state index is 13.5. The normalized spacial score (nSPS) is 16.3. The number of nitrogen functional groups attached to an aromatic ring is 2. The molecule has 362 valence electrons. The SMILES string of the molecule is CCS(=O)c1ncc(C(=O)c2cc(F)ccc2C(F)(F)F)c(N)n1.CS(=O)(=O)N1CCC(N)CC1.CS(=O)(=O)N1CCC(Nc2ncc(C(=O)c3cc(F)ccc3C(F)(F)F)c(N)n2)CC1. The van der Waals surface area contributed by atoms with Gasteiger partial charge < -0.3 is 22.5 Å². The van der Waals surface area contributed by atoms with E-state index < -0.39 is 106 Å². The maximum atomic E-state index is 13.5. The molecule has 4 aromatic rings. The minimum Gasteiger partial charge on any atom is -0.383 e. The summed E-state index contributed by atoms with van der Waals surface area (Å²) < 4.78 is 165. The van der Waals surface area contributed by atoms with E-state index >= 15 is 0 Å². The van der Waals surface area contributed by atoms with E-state index in [0.29, 0.717) is 75.4 Å². The Morgan fingerprint density at radius 2 is 1.12 bits per heavy atom. The van der Waals surface area contributed by atoms with Crippen molar-refractivity contribution in [3.05, 3.63) is 93.8 Å². The molecule has 0 amide bonds. The zero-order valence-electron chi connectivity index (χ0n) is 35.2. The summed E-state index contributed by atoms with van der Waals surface area (Å²) >= 11 is 0. The van der Waals surface area contributed by atoms with Gasteiger partial charge in [-0.05, 0) is 62.1 Å². The molecule has 4 heterocycles. The van der Waals surface area contributed by atoms with Crippen LogP contribution in [0.2, 0.25) is 0 Å². The first-order chi connectivity index (χ1) is 30.5. The average Bonchev–Trinajstić information content (AvgIpc) is 3.22. The Bertz CT molecular complexity index is 2660. The van der Waals surface area contributed by atoms with Gasteiger partial charge in [-0.15, -0.1) is 0 Å². The smallest absolute Gasteiger partial charge is 0.383 e. The van der Waals surface area contributed by atoms with Crippen LogP contribution in [0.4, 0.5) is 52.7 Å². The Kier molecular flexibility index (Phi) is 17.4. The molecule has 17 nitrogen and oxygen atoms in total. The minimum absolute atomic E-state index is 0.0437. The zero-order valence-corrected chi connectivity index (χ0v) is 37.6. The summed E-state index contributed by atoms with van der Waals surface area (Å²) in [7, 11) is -7.79. The summed E-state index contributed by atoms with van der Waals surface area (Å²) in [6.07, 6.45) is -2.95. The van der Waals surface area contributed by atoms with Crippen LogP contribution in [-0.2, 0) is 43.2 Å². The van der Waals surface area contributed by atoms with Gasteiger partial charge in [0.2, 0.25) is 31.2 Å². The number of carbonyl (C=O) groups is 2. The van der Waals surface area contributed by atoms with Gasteiger partial charge in [-0.1, -0.05) is 6.92 Å². The number of ketones is 2. The van der Waals surface area contributed by atoms with Crippen molar-refractivity contribution in [1.82, 2.24) is 28.5 Å². The first-order valence-corrected chi connectivity index (χ1v) is 24.4. The number of alkyl halides is 6. The first-order valence-electron chi connectivity index (χ1n) is 19.4. The average molecular weight is 1000 g/mol. The summed E-state index contributed by atoms with van der Waals surface area (Å²) in [5.74, 6) is -4.89. The predicted molar refractivity (Wildman–Crippen MR) is 226 cm³/mol.